The lowest BCUT2D eigenvalue weighted by Crippen LogP contribution is -2.38. The lowest BCUT2D eigenvalue weighted by molar-refractivity contribution is -0.769. The van der Waals surface area contributed by atoms with Crippen molar-refractivity contribution in [2.45, 2.75) is 30.5 Å². The van der Waals surface area contributed by atoms with Crippen LogP contribution in [0.1, 0.15) is 6.92 Å². The fourth-order valence-corrected chi connectivity index (χ4v) is 3.26. The van der Waals surface area contributed by atoms with E-state index >= 15 is 0 Å². The Balaban J connectivity index is 1.98. The fraction of sp³-hybridized carbons (Fsp3) is 1.00. The summed E-state index contributed by atoms with van der Waals surface area (Å²) in [5.41, 5.74) is 0. The van der Waals surface area contributed by atoms with Gasteiger partial charge in [-0.2, -0.15) is 0 Å². The molecular formula is C8H13NO6S. The van der Waals surface area contributed by atoms with Gasteiger partial charge in [0.2, 0.25) is 0 Å². The Morgan fingerprint density at radius 2 is 2.12 bits per heavy atom. The fourth-order valence-electron chi connectivity index (χ4n) is 2.07. The van der Waals surface area contributed by atoms with Gasteiger partial charge in [-0.3, -0.25) is 0 Å². The molecule has 0 amide bonds. The highest BCUT2D eigenvalue weighted by Gasteiger charge is 2.53. The third kappa shape index (κ3) is 2.10. The molecule has 0 aromatic rings. The van der Waals surface area contributed by atoms with E-state index in [2.05, 4.69) is 4.84 Å². The van der Waals surface area contributed by atoms with E-state index in [-0.39, 0.29) is 18.0 Å². The van der Waals surface area contributed by atoms with E-state index in [1.54, 1.807) is 0 Å². The third-order valence-corrected chi connectivity index (χ3v) is 4.45. The lowest BCUT2D eigenvalue weighted by Gasteiger charge is -2.19. The summed E-state index contributed by atoms with van der Waals surface area (Å²) in [7, 11) is 0. The van der Waals surface area contributed by atoms with Crippen LogP contribution in [0.15, 0.2) is 0 Å². The van der Waals surface area contributed by atoms with Gasteiger partial charge in [0.15, 0.2) is 11.4 Å². The van der Waals surface area contributed by atoms with Crippen LogP contribution in [0, 0.1) is 10.1 Å². The maximum absolute atomic E-state index is 11.7. The van der Waals surface area contributed by atoms with Crippen molar-refractivity contribution in [1.29, 1.82) is 0 Å². The molecule has 0 bridgehead atoms. The van der Waals surface area contributed by atoms with Gasteiger partial charge in [-0.05, 0) is 18.1 Å². The highest BCUT2D eigenvalue weighted by atomic mass is 32.2. The minimum Gasteiger partial charge on any atom is -0.616 e. The van der Waals surface area contributed by atoms with Crippen molar-refractivity contribution in [2.24, 2.45) is 0 Å². The minimum atomic E-state index is -1.02. The van der Waals surface area contributed by atoms with Crippen molar-refractivity contribution < 1.29 is 24.0 Å². The molecule has 5 atom stereocenters. The van der Waals surface area contributed by atoms with Crippen molar-refractivity contribution in [1.82, 2.24) is 0 Å². The van der Waals surface area contributed by atoms with Crippen LogP contribution in [0.3, 0.4) is 0 Å². The first-order valence-corrected chi connectivity index (χ1v) is 6.43. The summed E-state index contributed by atoms with van der Waals surface area (Å²) in [5, 5.41) is 9.19. The number of ether oxygens (including phenoxy) is 2. The standard InChI is InChI=1S/C8H13NO6S/c1-2-16(12)6-4-14-7-5(15-9(10)11)3-13-8(6)7/h5-8H,2-4H2,1H3/t5-,6-,7-,8-,16?/m1/s1. The summed E-state index contributed by atoms with van der Waals surface area (Å²) in [6.07, 6.45) is -1.50. The monoisotopic (exact) mass is 251 g/mol. The molecule has 0 N–H and O–H groups in total. The predicted molar refractivity (Wildman–Crippen MR) is 53.8 cm³/mol. The summed E-state index contributed by atoms with van der Waals surface area (Å²) in [6.45, 7) is 2.25. The van der Waals surface area contributed by atoms with Gasteiger partial charge in [-0.15, -0.1) is 10.1 Å². The zero-order valence-corrected chi connectivity index (χ0v) is 9.55. The highest BCUT2D eigenvalue weighted by molar-refractivity contribution is 7.92. The Morgan fingerprint density at radius 1 is 1.44 bits per heavy atom. The summed E-state index contributed by atoms with van der Waals surface area (Å²) in [5.74, 6) is 0.529. The van der Waals surface area contributed by atoms with E-state index in [9.17, 15) is 14.7 Å². The van der Waals surface area contributed by atoms with Gasteiger partial charge in [0.1, 0.15) is 18.0 Å². The van der Waals surface area contributed by atoms with Crippen LogP contribution in [0.5, 0.6) is 0 Å². The topological polar surface area (TPSA) is 93.9 Å². The average molecular weight is 251 g/mol. The van der Waals surface area contributed by atoms with Crippen LogP contribution in [0.25, 0.3) is 0 Å². The van der Waals surface area contributed by atoms with Gasteiger partial charge in [0.25, 0.3) is 5.09 Å². The molecule has 0 aliphatic carbocycles. The van der Waals surface area contributed by atoms with Gasteiger partial charge in [-0.25, -0.2) is 0 Å². The van der Waals surface area contributed by atoms with Gasteiger partial charge in [-0.1, -0.05) is 0 Å². The first-order chi connectivity index (χ1) is 7.63. The number of hydrogen-bond acceptors (Lipinski definition) is 6. The molecule has 0 spiro atoms. The van der Waals surface area contributed by atoms with Crippen LogP contribution in [0.4, 0.5) is 0 Å². The number of nitrogens with zero attached hydrogens (tertiary/aromatic N) is 1. The largest absolute Gasteiger partial charge is 0.616 e. The highest BCUT2D eigenvalue weighted by Crippen LogP contribution is 2.32. The maximum atomic E-state index is 11.7. The molecule has 2 rings (SSSR count). The Bertz CT molecular complexity index is 277. The van der Waals surface area contributed by atoms with Crippen LogP contribution >= 0.6 is 0 Å². The predicted octanol–water partition coefficient (Wildman–Crippen LogP) is -0.502. The molecule has 2 aliphatic rings. The van der Waals surface area contributed by atoms with Crippen molar-refractivity contribution >= 4 is 11.2 Å². The summed E-state index contributed by atoms with van der Waals surface area (Å²) < 4.78 is 22.4. The van der Waals surface area contributed by atoms with Gasteiger partial charge in [0, 0.05) is 0 Å². The van der Waals surface area contributed by atoms with Crippen molar-refractivity contribution in [2.75, 3.05) is 19.0 Å². The van der Waals surface area contributed by atoms with Crippen molar-refractivity contribution in [3.63, 3.8) is 0 Å². The second-order valence-electron chi connectivity index (χ2n) is 3.67. The average Bonchev–Trinajstić information content (AvgIpc) is 2.79. The molecular weight excluding hydrogens is 238 g/mol. The van der Waals surface area contributed by atoms with Crippen LogP contribution in [-0.2, 0) is 25.5 Å². The summed E-state index contributed by atoms with van der Waals surface area (Å²) in [4.78, 5) is 14.7. The van der Waals surface area contributed by atoms with Crippen molar-refractivity contribution in [3.05, 3.63) is 10.1 Å². The molecule has 92 valence electrons. The quantitative estimate of drug-likeness (QED) is 0.380. The normalized spacial score (nSPS) is 39.4. The van der Waals surface area contributed by atoms with Gasteiger partial charge < -0.3 is 18.9 Å². The third-order valence-electron chi connectivity index (χ3n) is 2.81. The molecule has 7 nitrogen and oxygen atoms in total. The van der Waals surface area contributed by atoms with E-state index in [0.717, 1.165) is 0 Å². The van der Waals surface area contributed by atoms with E-state index in [4.69, 9.17) is 9.47 Å². The number of hydrogen-bond donors (Lipinski definition) is 0. The lowest BCUT2D eigenvalue weighted by atomic mass is 10.1. The first kappa shape index (κ1) is 11.9. The molecule has 1 unspecified atom stereocenters. The Morgan fingerprint density at radius 3 is 2.75 bits per heavy atom. The second kappa shape index (κ2) is 4.74. The van der Waals surface area contributed by atoms with Crippen LogP contribution < -0.4 is 0 Å². The molecule has 0 radical (unpaired) electrons. The molecule has 2 fully saturated rings. The molecule has 0 saturated carbocycles. The van der Waals surface area contributed by atoms with Crippen molar-refractivity contribution in [3.8, 4) is 0 Å². The summed E-state index contributed by atoms with van der Waals surface area (Å²) >= 11 is -1.02. The zero-order chi connectivity index (χ0) is 11.7. The number of rotatable bonds is 4. The van der Waals surface area contributed by atoms with Crippen LogP contribution in [0.2, 0.25) is 0 Å². The Labute approximate surface area is 95.3 Å². The Kier molecular flexibility index (Phi) is 3.53. The Hall–Kier alpha value is -0.570. The molecule has 0 aromatic carbocycles. The zero-order valence-electron chi connectivity index (χ0n) is 8.74. The molecule has 8 heteroatoms. The first-order valence-electron chi connectivity index (χ1n) is 5.05. The van der Waals surface area contributed by atoms with Crippen LogP contribution in [-0.4, -0.2) is 52.2 Å². The number of fused-ring (bicyclic) bond motifs is 1. The summed E-state index contributed by atoms with van der Waals surface area (Å²) in [6, 6.07) is 0. The van der Waals surface area contributed by atoms with E-state index in [1.807, 2.05) is 6.92 Å². The second-order valence-corrected chi connectivity index (χ2v) is 5.62. The van der Waals surface area contributed by atoms with E-state index < -0.39 is 28.5 Å². The maximum Gasteiger partial charge on any atom is 0.294 e. The minimum absolute atomic E-state index is 0.119. The molecule has 2 aliphatic heterocycles. The van der Waals surface area contributed by atoms with E-state index in [1.165, 1.54) is 0 Å². The molecule has 16 heavy (non-hydrogen) atoms. The smallest absolute Gasteiger partial charge is 0.294 e. The molecule has 0 aromatic heterocycles. The molecule has 2 heterocycles. The SMILES string of the molecule is CC[S+]([O-])[C@@H]1CO[C@H]2[C@@H]1OC[C@H]2O[N+](=O)[O-]. The molecule has 2 saturated heterocycles. The van der Waals surface area contributed by atoms with E-state index in [0.29, 0.717) is 12.4 Å². The van der Waals surface area contributed by atoms with Gasteiger partial charge >= 0.3 is 0 Å². The van der Waals surface area contributed by atoms with Gasteiger partial charge in [0.05, 0.1) is 13.2 Å².